The first kappa shape index (κ1) is 79.9. The van der Waals surface area contributed by atoms with Gasteiger partial charge >= 0.3 is 17.9 Å². The largest absolute Gasteiger partial charge is 0.462 e. The smallest absolute Gasteiger partial charge is 0.306 e. The Hall–Kier alpha value is -2.11. The van der Waals surface area contributed by atoms with Gasteiger partial charge in [-0.05, 0) is 70.6 Å². The van der Waals surface area contributed by atoms with Gasteiger partial charge in [-0.15, -0.1) is 0 Å². The zero-order valence-electron chi connectivity index (χ0n) is 55.8. The summed E-state index contributed by atoms with van der Waals surface area (Å²) in [6, 6.07) is 0. The number of carbonyl (C=O) groups is 3. The Morgan fingerprint density at radius 3 is 0.610 bits per heavy atom. The Kier molecular flexibility index (Phi) is 69.5. The van der Waals surface area contributed by atoms with Crippen molar-refractivity contribution < 1.29 is 28.6 Å². The lowest BCUT2D eigenvalue weighted by Gasteiger charge is -2.18. The fourth-order valence-corrected chi connectivity index (χ4v) is 11.6. The number of carbonyl (C=O) groups excluding carboxylic acids is 3. The predicted octanol–water partition coefficient (Wildman–Crippen LogP) is 25.7. The molecule has 82 heavy (non-hydrogen) atoms. The average molecular weight is 1150 g/mol. The summed E-state index contributed by atoms with van der Waals surface area (Å²) in [6.07, 6.45) is 87.9. The van der Waals surface area contributed by atoms with Gasteiger partial charge in [-0.3, -0.25) is 14.4 Å². The molecule has 0 spiro atoms. The first-order valence-electron chi connectivity index (χ1n) is 37.3. The maximum Gasteiger partial charge on any atom is 0.306 e. The van der Waals surface area contributed by atoms with E-state index in [0.29, 0.717) is 19.3 Å². The standard InChI is InChI=1S/C76H144O6/c1-4-7-10-13-16-19-22-25-28-31-33-35-37-38-39-41-42-45-48-51-54-57-60-63-66-69-75(78)81-72-73(71-80-74(77)68-65-62-59-56-53-50-47-44-30-27-24-21-18-15-12-9-6-3)82-76(79)70-67-64-61-58-55-52-49-46-43-40-36-34-32-29-26-23-20-17-14-11-8-5-2/h27,30-31,33,73H,4-26,28-29,32,34-72H2,1-3H3/b30-27-,33-31-. The Labute approximate surface area is 513 Å². The molecule has 0 saturated heterocycles. The molecule has 484 valence electrons. The molecular formula is C76H144O6. The van der Waals surface area contributed by atoms with Crippen molar-refractivity contribution in [1.29, 1.82) is 0 Å². The van der Waals surface area contributed by atoms with Crippen LogP contribution in [0.1, 0.15) is 425 Å². The zero-order valence-corrected chi connectivity index (χ0v) is 55.8. The maximum atomic E-state index is 13.0. The minimum Gasteiger partial charge on any atom is -0.462 e. The summed E-state index contributed by atoms with van der Waals surface area (Å²) in [5.74, 6) is -0.835. The van der Waals surface area contributed by atoms with Gasteiger partial charge in [0.25, 0.3) is 0 Å². The second-order valence-corrected chi connectivity index (χ2v) is 25.6. The van der Waals surface area contributed by atoms with Crippen LogP contribution in [0.5, 0.6) is 0 Å². The monoisotopic (exact) mass is 1150 g/mol. The summed E-state index contributed by atoms with van der Waals surface area (Å²) in [5, 5.41) is 0. The van der Waals surface area contributed by atoms with Gasteiger partial charge in [-0.2, -0.15) is 0 Å². The van der Waals surface area contributed by atoms with E-state index in [9.17, 15) is 14.4 Å². The van der Waals surface area contributed by atoms with E-state index < -0.39 is 6.10 Å². The van der Waals surface area contributed by atoms with Crippen molar-refractivity contribution in [2.45, 2.75) is 431 Å². The fourth-order valence-electron chi connectivity index (χ4n) is 11.6. The van der Waals surface area contributed by atoms with Crippen molar-refractivity contribution in [1.82, 2.24) is 0 Å². The van der Waals surface area contributed by atoms with Gasteiger partial charge in [-0.25, -0.2) is 0 Å². The quantitative estimate of drug-likeness (QED) is 0.0261. The SMILES string of the molecule is CCCCCCCC/C=C\CCCCCCCCCC(=O)OCC(COC(=O)CCCCCCCCCCCCCCC/C=C\CCCCCCCCCC)OC(=O)CCCCCCCCCCCCCCCCCCCCCCCC. The van der Waals surface area contributed by atoms with Crippen molar-refractivity contribution in [3.8, 4) is 0 Å². The summed E-state index contributed by atoms with van der Waals surface area (Å²) in [7, 11) is 0. The molecule has 0 aromatic heterocycles. The predicted molar refractivity (Wildman–Crippen MR) is 358 cm³/mol. The van der Waals surface area contributed by atoms with E-state index in [-0.39, 0.29) is 31.1 Å². The molecular weight excluding hydrogens is 1010 g/mol. The number of rotatable bonds is 70. The van der Waals surface area contributed by atoms with Crippen LogP contribution in [0.2, 0.25) is 0 Å². The molecule has 0 bridgehead atoms. The number of unbranched alkanes of at least 4 members (excludes halogenated alkanes) is 55. The normalized spacial score (nSPS) is 12.1. The molecule has 6 heteroatoms. The number of allylic oxidation sites excluding steroid dienone is 4. The van der Waals surface area contributed by atoms with Crippen LogP contribution >= 0.6 is 0 Å². The molecule has 0 aliphatic carbocycles. The minimum atomic E-state index is -0.771. The summed E-state index contributed by atoms with van der Waals surface area (Å²) in [6.45, 7) is 6.73. The van der Waals surface area contributed by atoms with E-state index in [4.69, 9.17) is 14.2 Å². The summed E-state index contributed by atoms with van der Waals surface area (Å²) >= 11 is 0. The number of hydrogen-bond acceptors (Lipinski definition) is 6. The lowest BCUT2D eigenvalue weighted by Crippen LogP contribution is -2.30. The van der Waals surface area contributed by atoms with E-state index in [2.05, 4.69) is 45.1 Å². The van der Waals surface area contributed by atoms with Gasteiger partial charge in [0.2, 0.25) is 0 Å². The molecule has 0 aromatic rings. The highest BCUT2D eigenvalue weighted by Crippen LogP contribution is 2.19. The number of esters is 3. The third-order valence-corrected chi connectivity index (χ3v) is 17.2. The van der Waals surface area contributed by atoms with Crippen LogP contribution in [0, 0.1) is 0 Å². The molecule has 0 aromatic carbocycles. The molecule has 6 nitrogen and oxygen atoms in total. The van der Waals surface area contributed by atoms with Crippen molar-refractivity contribution >= 4 is 17.9 Å². The van der Waals surface area contributed by atoms with Crippen LogP contribution < -0.4 is 0 Å². The third kappa shape index (κ3) is 68.7. The van der Waals surface area contributed by atoms with Crippen molar-refractivity contribution in [3.05, 3.63) is 24.3 Å². The molecule has 0 fully saturated rings. The zero-order chi connectivity index (χ0) is 59.2. The molecule has 1 atom stereocenters. The van der Waals surface area contributed by atoms with E-state index in [1.807, 2.05) is 0 Å². The van der Waals surface area contributed by atoms with Crippen molar-refractivity contribution in [2.24, 2.45) is 0 Å². The fraction of sp³-hybridized carbons (Fsp3) is 0.908. The van der Waals surface area contributed by atoms with Crippen LogP contribution in [0.25, 0.3) is 0 Å². The van der Waals surface area contributed by atoms with Gasteiger partial charge in [0, 0.05) is 19.3 Å². The van der Waals surface area contributed by atoms with Crippen LogP contribution in [-0.4, -0.2) is 37.2 Å². The molecule has 0 amide bonds. The first-order valence-corrected chi connectivity index (χ1v) is 37.3. The highest BCUT2D eigenvalue weighted by Gasteiger charge is 2.20. The molecule has 0 aliphatic rings. The molecule has 0 N–H and O–H groups in total. The lowest BCUT2D eigenvalue weighted by molar-refractivity contribution is -0.167. The van der Waals surface area contributed by atoms with Gasteiger partial charge in [0.15, 0.2) is 6.10 Å². The third-order valence-electron chi connectivity index (χ3n) is 17.2. The second kappa shape index (κ2) is 71.4. The minimum absolute atomic E-state index is 0.0666. The lowest BCUT2D eigenvalue weighted by atomic mass is 10.0. The topological polar surface area (TPSA) is 78.9 Å². The van der Waals surface area contributed by atoms with E-state index in [1.54, 1.807) is 0 Å². The summed E-state index contributed by atoms with van der Waals surface area (Å²) in [4.78, 5) is 38.5. The molecule has 0 rings (SSSR count). The number of hydrogen-bond donors (Lipinski definition) is 0. The molecule has 0 saturated carbocycles. The summed E-state index contributed by atoms with van der Waals surface area (Å²) < 4.78 is 17.0. The van der Waals surface area contributed by atoms with Gasteiger partial charge in [0.1, 0.15) is 13.2 Å². The number of ether oxygens (including phenoxy) is 3. The van der Waals surface area contributed by atoms with Crippen molar-refractivity contribution in [3.63, 3.8) is 0 Å². The Bertz CT molecular complexity index is 1320. The van der Waals surface area contributed by atoms with Crippen LogP contribution in [-0.2, 0) is 28.6 Å². The molecule has 1 unspecified atom stereocenters. The Balaban J connectivity index is 4.27. The van der Waals surface area contributed by atoms with Gasteiger partial charge < -0.3 is 14.2 Å². The second-order valence-electron chi connectivity index (χ2n) is 25.6. The van der Waals surface area contributed by atoms with E-state index in [1.165, 1.54) is 327 Å². The molecule has 0 aliphatic heterocycles. The van der Waals surface area contributed by atoms with Gasteiger partial charge in [0.05, 0.1) is 0 Å². The van der Waals surface area contributed by atoms with Crippen molar-refractivity contribution in [2.75, 3.05) is 13.2 Å². The average Bonchev–Trinajstić information content (AvgIpc) is 3.47. The van der Waals surface area contributed by atoms with E-state index >= 15 is 0 Å². The highest BCUT2D eigenvalue weighted by atomic mass is 16.6. The Morgan fingerprint density at radius 2 is 0.402 bits per heavy atom. The highest BCUT2D eigenvalue weighted by molar-refractivity contribution is 5.71. The molecule has 0 heterocycles. The summed E-state index contributed by atoms with van der Waals surface area (Å²) in [5.41, 5.74) is 0. The van der Waals surface area contributed by atoms with Crippen LogP contribution in [0.4, 0.5) is 0 Å². The van der Waals surface area contributed by atoms with Gasteiger partial charge in [-0.1, -0.05) is 360 Å². The van der Waals surface area contributed by atoms with E-state index in [0.717, 1.165) is 57.8 Å². The Morgan fingerprint density at radius 1 is 0.232 bits per heavy atom. The first-order chi connectivity index (χ1) is 40.5. The van der Waals surface area contributed by atoms with Crippen LogP contribution in [0.3, 0.4) is 0 Å². The van der Waals surface area contributed by atoms with Crippen LogP contribution in [0.15, 0.2) is 24.3 Å². The molecule has 0 radical (unpaired) electrons. The maximum absolute atomic E-state index is 13.0.